The minimum Gasteiger partial charge on any atom is -0.381 e. The average Bonchev–Trinajstić information content (AvgIpc) is 2.64. The first-order valence-electron chi connectivity index (χ1n) is 10.6. The van der Waals surface area contributed by atoms with E-state index in [1.807, 2.05) is 6.07 Å². The third-order valence-electron chi connectivity index (χ3n) is 4.69. The van der Waals surface area contributed by atoms with E-state index in [2.05, 4.69) is 38.1 Å². The smallest absolute Gasteiger partial charge is 0.0720 e. The summed E-state index contributed by atoms with van der Waals surface area (Å²) in [6.45, 7) is 6.82. The Morgan fingerprint density at radius 1 is 0.760 bits per heavy atom. The van der Waals surface area contributed by atoms with Crippen LogP contribution in [0, 0.1) is 0 Å². The first kappa shape index (κ1) is 22.2. The minimum atomic E-state index is 0.257. The van der Waals surface area contributed by atoms with Crippen LogP contribution in [-0.4, -0.2) is 19.3 Å². The molecule has 0 aliphatic carbocycles. The molecule has 1 aromatic rings. The van der Waals surface area contributed by atoms with Gasteiger partial charge in [0.25, 0.3) is 0 Å². The number of rotatable bonds is 17. The van der Waals surface area contributed by atoms with Crippen molar-refractivity contribution in [2.75, 3.05) is 13.2 Å². The summed E-state index contributed by atoms with van der Waals surface area (Å²) in [4.78, 5) is 0. The van der Waals surface area contributed by atoms with Crippen LogP contribution < -0.4 is 0 Å². The topological polar surface area (TPSA) is 18.5 Å². The van der Waals surface area contributed by atoms with Crippen molar-refractivity contribution in [1.29, 1.82) is 0 Å². The molecular formula is C23H40O2. The normalized spacial score (nSPS) is 12.4. The van der Waals surface area contributed by atoms with Crippen molar-refractivity contribution >= 4 is 0 Å². The van der Waals surface area contributed by atoms with Crippen molar-refractivity contribution in [3.63, 3.8) is 0 Å². The molecule has 2 nitrogen and oxygen atoms in total. The first-order chi connectivity index (χ1) is 12.3. The highest BCUT2D eigenvalue weighted by Crippen LogP contribution is 2.11. The zero-order chi connectivity index (χ0) is 18.0. The van der Waals surface area contributed by atoms with Gasteiger partial charge >= 0.3 is 0 Å². The lowest BCUT2D eigenvalue weighted by molar-refractivity contribution is 0.0215. The van der Waals surface area contributed by atoms with Crippen molar-refractivity contribution in [3.05, 3.63) is 35.9 Å². The van der Waals surface area contributed by atoms with Gasteiger partial charge in [0.2, 0.25) is 0 Å². The number of hydrogen-bond acceptors (Lipinski definition) is 2. The van der Waals surface area contributed by atoms with E-state index in [-0.39, 0.29) is 6.10 Å². The molecule has 0 bridgehead atoms. The van der Waals surface area contributed by atoms with Gasteiger partial charge < -0.3 is 9.47 Å². The molecular weight excluding hydrogens is 308 g/mol. The molecule has 0 fully saturated rings. The molecule has 0 aromatic heterocycles. The molecule has 1 rings (SSSR count). The van der Waals surface area contributed by atoms with Crippen LogP contribution in [0.4, 0.5) is 0 Å². The maximum atomic E-state index is 5.86. The minimum absolute atomic E-state index is 0.257. The largest absolute Gasteiger partial charge is 0.381 e. The Hall–Kier alpha value is -0.860. The van der Waals surface area contributed by atoms with Gasteiger partial charge in [-0.3, -0.25) is 0 Å². The quantitative estimate of drug-likeness (QED) is 0.284. The van der Waals surface area contributed by atoms with E-state index in [9.17, 15) is 0 Å². The van der Waals surface area contributed by atoms with Gasteiger partial charge in [-0.05, 0) is 25.3 Å². The summed E-state index contributed by atoms with van der Waals surface area (Å²) in [5.74, 6) is 0. The molecule has 0 saturated heterocycles. The number of benzene rings is 1. The monoisotopic (exact) mass is 348 g/mol. The number of unbranched alkanes of at least 4 members (excludes halogenated alkanes) is 9. The molecule has 144 valence electrons. The lowest BCUT2D eigenvalue weighted by Gasteiger charge is -2.13. The second-order valence-electron chi connectivity index (χ2n) is 7.19. The van der Waals surface area contributed by atoms with Gasteiger partial charge in [-0.15, -0.1) is 0 Å². The van der Waals surface area contributed by atoms with Gasteiger partial charge in [0.1, 0.15) is 0 Å². The third kappa shape index (κ3) is 14.0. The van der Waals surface area contributed by atoms with Crippen LogP contribution in [0.3, 0.4) is 0 Å². The fourth-order valence-electron chi connectivity index (χ4n) is 2.94. The summed E-state index contributed by atoms with van der Waals surface area (Å²) in [7, 11) is 0. The van der Waals surface area contributed by atoms with Crippen LogP contribution in [0.5, 0.6) is 0 Å². The lowest BCUT2D eigenvalue weighted by Crippen LogP contribution is -2.12. The van der Waals surface area contributed by atoms with Crippen molar-refractivity contribution < 1.29 is 9.47 Å². The summed E-state index contributed by atoms with van der Waals surface area (Å²) in [6, 6.07) is 10.4. The summed E-state index contributed by atoms with van der Waals surface area (Å²) in [5.41, 5.74) is 1.24. The van der Waals surface area contributed by atoms with E-state index >= 15 is 0 Å². The van der Waals surface area contributed by atoms with Crippen LogP contribution in [0.25, 0.3) is 0 Å². The molecule has 0 saturated carbocycles. The average molecular weight is 349 g/mol. The highest BCUT2D eigenvalue weighted by molar-refractivity contribution is 5.13. The second-order valence-corrected chi connectivity index (χ2v) is 7.19. The highest BCUT2D eigenvalue weighted by atomic mass is 16.5. The Bertz CT molecular complexity index is 377. The van der Waals surface area contributed by atoms with Crippen LogP contribution in [0.2, 0.25) is 0 Å². The van der Waals surface area contributed by atoms with E-state index in [1.165, 1.54) is 69.8 Å². The van der Waals surface area contributed by atoms with Crippen molar-refractivity contribution in [3.8, 4) is 0 Å². The Kier molecular flexibility index (Phi) is 14.7. The van der Waals surface area contributed by atoms with Crippen molar-refractivity contribution in [1.82, 2.24) is 0 Å². The Balaban J connectivity index is 1.79. The highest BCUT2D eigenvalue weighted by Gasteiger charge is 2.02. The SMILES string of the molecule is CCCCCCCCCCCCOCC[C@@H](C)OCc1ccccc1. The molecule has 1 atom stereocenters. The molecule has 1 aromatic carbocycles. The zero-order valence-corrected chi connectivity index (χ0v) is 16.7. The van der Waals surface area contributed by atoms with Crippen LogP contribution in [-0.2, 0) is 16.1 Å². The van der Waals surface area contributed by atoms with Gasteiger partial charge in [0.05, 0.1) is 12.7 Å². The van der Waals surface area contributed by atoms with Gasteiger partial charge in [-0.1, -0.05) is 95.0 Å². The van der Waals surface area contributed by atoms with E-state index in [4.69, 9.17) is 9.47 Å². The molecule has 0 heterocycles. The molecule has 2 heteroatoms. The number of hydrogen-bond donors (Lipinski definition) is 0. The maximum Gasteiger partial charge on any atom is 0.0720 e. The fraction of sp³-hybridized carbons (Fsp3) is 0.739. The molecule has 0 aliphatic rings. The van der Waals surface area contributed by atoms with Gasteiger partial charge in [-0.25, -0.2) is 0 Å². The summed E-state index contributed by atoms with van der Waals surface area (Å²) >= 11 is 0. The molecule has 25 heavy (non-hydrogen) atoms. The molecule has 0 amide bonds. The van der Waals surface area contributed by atoms with E-state index in [0.717, 1.165) is 19.6 Å². The lowest BCUT2D eigenvalue weighted by atomic mass is 10.1. The Morgan fingerprint density at radius 3 is 2.00 bits per heavy atom. The molecule has 0 unspecified atom stereocenters. The maximum absolute atomic E-state index is 5.86. The van der Waals surface area contributed by atoms with Crippen LogP contribution in [0.1, 0.15) is 90.0 Å². The van der Waals surface area contributed by atoms with E-state index in [0.29, 0.717) is 6.61 Å². The predicted octanol–water partition coefficient (Wildman–Crippen LogP) is 6.92. The molecule has 0 radical (unpaired) electrons. The van der Waals surface area contributed by atoms with Crippen LogP contribution >= 0.6 is 0 Å². The fourth-order valence-corrected chi connectivity index (χ4v) is 2.94. The standard InChI is InChI=1S/C23H40O2/c1-3-4-5-6-7-8-9-10-11-15-19-24-20-18-22(2)25-21-23-16-13-12-14-17-23/h12-14,16-17,22H,3-11,15,18-21H2,1-2H3/t22-/m1/s1. The zero-order valence-electron chi connectivity index (χ0n) is 16.7. The Labute approximate surface area is 156 Å². The summed E-state index contributed by atoms with van der Waals surface area (Å²) in [6.07, 6.45) is 15.0. The third-order valence-corrected chi connectivity index (χ3v) is 4.69. The summed E-state index contributed by atoms with van der Waals surface area (Å²) in [5, 5.41) is 0. The van der Waals surface area contributed by atoms with Crippen molar-refractivity contribution in [2.45, 2.75) is 97.2 Å². The van der Waals surface area contributed by atoms with E-state index in [1.54, 1.807) is 0 Å². The first-order valence-corrected chi connectivity index (χ1v) is 10.6. The van der Waals surface area contributed by atoms with Crippen molar-refractivity contribution in [2.24, 2.45) is 0 Å². The van der Waals surface area contributed by atoms with Gasteiger partial charge in [0.15, 0.2) is 0 Å². The second kappa shape index (κ2) is 16.6. The van der Waals surface area contributed by atoms with Gasteiger partial charge in [0, 0.05) is 13.2 Å². The number of ether oxygens (including phenoxy) is 2. The molecule has 0 spiro atoms. The summed E-state index contributed by atoms with van der Waals surface area (Å²) < 4.78 is 11.6. The molecule has 0 N–H and O–H groups in total. The Morgan fingerprint density at radius 2 is 1.36 bits per heavy atom. The molecule has 0 aliphatic heterocycles. The van der Waals surface area contributed by atoms with E-state index < -0.39 is 0 Å². The van der Waals surface area contributed by atoms with Gasteiger partial charge in [-0.2, -0.15) is 0 Å². The van der Waals surface area contributed by atoms with Crippen LogP contribution in [0.15, 0.2) is 30.3 Å². The predicted molar refractivity (Wildman–Crippen MR) is 108 cm³/mol.